The Morgan fingerprint density at radius 1 is 0.909 bits per heavy atom. The lowest BCUT2D eigenvalue weighted by atomic mass is 9.96. The van der Waals surface area contributed by atoms with Gasteiger partial charge in [0.1, 0.15) is 12.4 Å². The largest absolute Gasteiger partial charge is 0.494 e. The zero-order valence-electron chi connectivity index (χ0n) is 25.6. The van der Waals surface area contributed by atoms with Crippen molar-refractivity contribution in [1.29, 1.82) is 0 Å². The summed E-state index contributed by atoms with van der Waals surface area (Å²) in [6.07, 6.45) is 1.67. The summed E-state index contributed by atoms with van der Waals surface area (Å²) in [6.45, 7) is 11.6. The molecule has 0 saturated carbocycles. The number of fused-ring (bicyclic) bond motifs is 1. The highest BCUT2D eigenvalue weighted by atomic mass is 127. The average molecular weight is 702 g/mol. The summed E-state index contributed by atoms with van der Waals surface area (Å²) in [5.74, 6) is 2.81. The van der Waals surface area contributed by atoms with Gasteiger partial charge in [-0.1, -0.05) is 56.3 Å². The smallest absolute Gasteiger partial charge is 0.282 e. The van der Waals surface area contributed by atoms with Crippen LogP contribution in [-0.2, 0) is 6.61 Å². The molecule has 1 aromatic heterocycles. The van der Waals surface area contributed by atoms with E-state index in [0.29, 0.717) is 48.0 Å². The normalized spacial score (nSPS) is 11.4. The molecule has 0 atom stereocenters. The van der Waals surface area contributed by atoms with Crippen LogP contribution >= 0.6 is 22.6 Å². The van der Waals surface area contributed by atoms with Gasteiger partial charge >= 0.3 is 0 Å². The Bertz CT molecular complexity index is 1870. The maximum absolute atomic E-state index is 13.9. The van der Waals surface area contributed by atoms with Crippen molar-refractivity contribution in [3.05, 3.63) is 115 Å². The van der Waals surface area contributed by atoms with Crippen LogP contribution < -0.4 is 19.8 Å². The van der Waals surface area contributed by atoms with Crippen molar-refractivity contribution in [3.63, 3.8) is 0 Å². The SMILES string of the molecule is CCOc1cc(C)c(-c2nc3ccccc3c(=O)n2N=Cc2cc(I)c(OCc3ccccc3)c(OCC)c2)cc1C(C)C. The van der Waals surface area contributed by atoms with Crippen LogP contribution in [0.2, 0.25) is 0 Å². The van der Waals surface area contributed by atoms with Gasteiger partial charge in [0.2, 0.25) is 0 Å². The Labute approximate surface area is 271 Å². The van der Waals surface area contributed by atoms with E-state index in [1.54, 1.807) is 12.3 Å². The zero-order chi connectivity index (χ0) is 31.2. The minimum atomic E-state index is -0.247. The number of benzene rings is 4. The first-order valence-electron chi connectivity index (χ1n) is 14.8. The molecule has 8 heteroatoms. The quantitative estimate of drug-likeness (QED) is 0.102. The summed E-state index contributed by atoms with van der Waals surface area (Å²) in [4.78, 5) is 18.8. The predicted molar refractivity (Wildman–Crippen MR) is 186 cm³/mol. The summed E-state index contributed by atoms with van der Waals surface area (Å²) in [7, 11) is 0. The standard InChI is InChI=1S/C36H36IN3O4/c1-6-42-32-17-24(5)29(20-28(32)23(3)4)35-39-31-16-12-11-15-27(31)36(41)40(35)38-21-26-18-30(37)34(33(19-26)43-7-2)44-22-25-13-9-8-10-14-25/h8-21,23H,6-7,22H2,1-5H3. The first-order valence-corrected chi connectivity index (χ1v) is 15.9. The molecule has 0 saturated heterocycles. The fraction of sp³-hybridized carbons (Fsp3) is 0.250. The summed E-state index contributed by atoms with van der Waals surface area (Å²) in [6, 6.07) is 25.3. The summed E-state index contributed by atoms with van der Waals surface area (Å²) >= 11 is 2.25. The van der Waals surface area contributed by atoms with E-state index in [0.717, 1.165) is 37.1 Å². The van der Waals surface area contributed by atoms with Crippen molar-refractivity contribution in [2.24, 2.45) is 5.10 Å². The molecule has 4 aromatic carbocycles. The van der Waals surface area contributed by atoms with E-state index in [-0.39, 0.29) is 11.5 Å². The van der Waals surface area contributed by atoms with Crippen LogP contribution in [-0.4, -0.2) is 29.1 Å². The molecular formula is C36H36IN3O4. The second-order valence-electron chi connectivity index (χ2n) is 10.6. The second-order valence-corrected chi connectivity index (χ2v) is 11.8. The van der Waals surface area contributed by atoms with Gasteiger partial charge in [0, 0.05) is 5.56 Å². The predicted octanol–water partition coefficient (Wildman–Crippen LogP) is 8.36. The molecule has 0 spiro atoms. The Morgan fingerprint density at radius 2 is 1.61 bits per heavy atom. The number of aryl methyl sites for hydroxylation is 1. The number of rotatable bonds is 11. The fourth-order valence-electron chi connectivity index (χ4n) is 5.00. The van der Waals surface area contributed by atoms with Crippen molar-refractivity contribution >= 4 is 39.7 Å². The van der Waals surface area contributed by atoms with Crippen LogP contribution in [0.1, 0.15) is 55.9 Å². The molecule has 5 rings (SSSR count). The Balaban J connectivity index is 1.61. The van der Waals surface area contributed by atoms with Gasteiger partial charge in [-0.15, -0.1) is 0 Å². The van der Waals surface area contributed by atoms with Crippen molar-refractivity contribution in [2.75, 3.05) is 13.2 Å². The van der Waals surface area contributed by atoms with E-state index in [1.165, 1.54) is 4.68 Å². The number of halogens is 1. The Kier molecular flexibility index (Phi) is 9.99. The molecule has 0 unspecified atom stereocenters. The van der Waals surface area contributed by atoms with Gasteiger partial charge in [0.05, 0.1) is 33.9 Å². The third-order valence-corrected chi connectivity index (χ3v) is 7.95. The molecule has 0 bridgehead atoms. The lowest BCUT2D eigenvalue weighted by Gasteiger charge is -2.18. The van der Waals surface area contributed by atoms with Crippen LogP contribution in [0.4, 0.5) is 0 Å². The molecule has 0 aliphatic heterocycles. The molecule has 1 heterocycles. The monoisotopic (exact) mass is 701 g/mol. The van der Waals surface area contributed by atoms with Crippen LogP contribution in [0, 0.1) is 10.5 Å². The van der Waals surface area contributed by atoms with Crippen LogP contribution in [0.15, 0.2) is 88.8 Å². The van der Waals surface area contributed by atoms with Gasteiger partial charge < -0.3 is 14.2 Å². The van der Waals surface area contributed by atoms with Gasteiger partial charge in [-0.25, -0.2) is 4.98 Å². The molecule has 0 amide bonds. The van der Waals surface area contributed by atoms with Gasteiger partial charge in [-0.3, -0.25) is 4.79 Å². The lowest BCUT2D eigenvalue weighted by Crippen LogP contribution is -2.21. The molecule has 7 nitrogen and oxygen atoms in total. The van der Waals surface area contributed by atoms with Gasteiger partial charge in [0.15, 0.2) is 17.3 Å². The van der Waals surface area contributed by atoms with Crippen LogP contribution in [0.3, 0.4) is 0 Å². The van der Waals surface area contributed by atoms with E-state index in [1.807, 2.05) is 87.5 Å². The average Bonchev–Trinajstić information content (AvgIpc) is 3.01. The molecule has 5 aromatic rings. The lowest BCUT2D eigenvalue weighted by molar-refractivity contribution is 0.267. The maximum Gasteiger partial charge on any atom is 0.282 e. The topological polar surface area (TPSA) is 74.9 Å². The summed E-state index contributed by atoms with van der Waals surface area (Å²) < 4.78 is 20.4. The number of para-hydroxylation sites is 1. The van der Waals surface area contributed by atoms with Crippen LogP contribution in [0.25, 0.3) is 22.3 Å². The van der Waals surface area contributed by atoms with E-state index in [2.05, 4.69) is 42.5 Å². The molecular weight excluding hydrogens is 665 g/mol. The third-order valence-electron chi connectivity index (χ3n) is 7.15. The first-order chi connectivity index (χ1) is 21.3. The molecule has 0 N–H and O–H groups in total. The Hall–Kier alpha value is -4.18. The number of nitrogens with zero attached hydrogens (tertiary/aromatic N) is 3. The van der Waals surface area contributed by atoms with Gasteiger partial charge in [-0.05, 0) is 108 Å². The number of aromatic nitrogens is 2. The van der Waals surface area contributed by atoms with Gasteiger partial charge in [0.25, 0.3) is 5.56 Å². The molecule has 0 radical (unpaired) electrons. The molecule has 0 aliphatic carbocycles. The highest BCUT2D eigenvalue weighted by molar-refractivity contribution is 14.1. The van der Waals surface area contributed by atoms with E-state index < -0.39 is 0 Å². The number of hydrogen-bond donors (Lipinski definition) is 0. The minimum Gasteiger partial charge on any atom is -0.494 e. The van der Waals surface area contributed by atoms with Crippen molar-refractivity contribution in [1.82, 2.24) is 9.66 Å². The number of hydrogen-bond acceptors (Lipinski definition) is 6. The highest BCUT2D eigenvalue weighted by Crippen LogP contribution is 2.36. The fourth-order valence-corrected chi connectivity index (χ4v) is 5.78. The third kappa shape index (κ3) is 6.80. The minimum absolute atomic E-state index is 0.210. The van der Waals surface area contributed by atoms with Crippen molar-refractivity contribution in [3.8, 4) is 28.6 Å². The Morgan fingerprint density at radius 3 is 2.34 bits per heavy atom. The van der Waals surface area contributed by atoms with Crippen molar-refractivity contribution in [2.45, 2.75) is 47.1 Å². The second kappa shape index (κ2) is 14.1. The highest BCUT2D eigenvalue weighted by Gasteiger charge is 2.19. The molecule has 0 fully saturated rings. The van der Waals surface area contributed by atoms with Crippen LogP contribution in [0.5, 0.6) is 17.2 Å². The number of ether oxygens (including phenoxy) is 3. The van der Waals surface area contributed by atoms with Gasteiger partial charge in [-0.2, -0.15) is 9.78 Å². The van der Waals surface area contributed by atoms with Crippen molar-refractivity contribution < 1.29 is 14.2 Å². The molecule has 226 valence electrons. The molecule has 44 heavy (non-hydrogen) atoms. The molecule has 0 aliphatic rings. The maximum atomic E-state index is 13.9. The van der Waals surface area contributed by atoms with E-state index >= 15 is 0 Å². The first kappa shape index (κ1) is 31.3. The zero-order valence-corrected chi connectivity index (χ0v) is 27.8. The summed E-state index contributed by atoms with van der Waals surface area (Å²) in [5.41, 5.74) is 5.02. The van der Waals surface area contributed by atoms with E-state index in [9.17, 15) is 4.79 Å². The summed E-state index contributed by atoms with van der Waals surface area (Å²) in [5, 5.41) is 5.22. The van der Waals surface area contributed by atoms with E-state index in [4.69, 9.17) is 24.3 Å².